The van der Waals surface area contributed by atoms with Gasteiger partial charge in [0.1, 0.15) is 42.5 Å². The summed E-state index contributed by atoms with van der Waals surface area (Å²) in [4.78, 5) is 25.1. The molecule has 686 valence electrons. The van der Waals surface area contributed by atoms with Crippen LogP contribution in [0, 0.1) is 17.8 Å². The van der Waals surface area contributed by atoms with E-state index < -0.39 is 24.1 Å². The molecule has 1 N–H and O–H groups in total. The Labute approximate surface area is 844 Å². The molecular formula is C103H109Cl7LiN6NaO14. The zero-order valence-corrected chi connectivity index (χ0v) is 82.9. The number of benzene rings is 9. The summed E-state index contributed by atoms with van der Waals surface area (Å²) in [5.74, 6) is -1.47. The van der Waals surface area contributed by atoms with Crippen molar-refractivity contribution in [2.24, 2.45) is 17.8 Å². The predicted octanol–water partition coefficient (Wildman–Crippen LogP) is 18.2. The van der Waals surface area contributed by atoms with Crippen LogP contribution in [0.2, 0.25) is 35.7 Å². The average Bonchev–Trinajstić information content (AvgIpc) is 0.832. The minimum absolute atomic E-state index is 0. The maximum absolute atomic E-state index is 13.1. The number of nitrogens with zero attached hydrogens (tertiary/aromatic N) is 6. The van der Waals surface area contributed by atoms with E-state index >= 15 is 0 Å². The van der Waals surface area contributed by atoms with E-state index in [0.29, 0.717) is 93.4 Å². The third-order valence-corrected chi connectivity index (χ3v) is 25.0. The van der Waals surface area contributed by atoms with Crippen molar-refractivity contribution < 1.29 is 117 Å². The largest absolute Gasteiger partial charge is 1.00 e. The molecule has 16 atom stereocenters. The summed E-state index contributed by atoms with van der Waals surface area (Å²) in [6.45, 7) is 15.6. The summed E-state index contributed by atoms with van der Waals surface area (Å²) in [5, 5.41) is 26.1. The van der Waals surface area contributed by atoms with Crippen molar-refractivity contribution in [2.75, 3.05) is 14.2 Å². The predicted molar refractivity (Wildman–Crippen MR) is 507 cm³/mol. The van der Waals surface area contributed by atoms with Gasteiger partial charge in [-0.2, -0.15) is 10.2 Å². The molecule has 3 fully saturated rings. The zero-order valence-electron chi connectivity index (χ0n) is 76.6. The summed E-state index contributed by atoms with van der Waals surface area (Å²) in [6, 6.07) is 88.1. The molecule has 1 unspecified atom stereocenters. The first kappa shape index (κ1) is 108. The van der Waals surface area contributed by atoms with Crippen LogP contribution in [0.4, 0.5) is 0 Å². The van der Waals surface area contributed by atoms with Gasteiger partial charge in [0.2, 0.25) is 0 Å². The van der Waals surface area contributed by atoms with Gasteiger partial charge in [-0.1, -0.05) is 341 Å². The van der Waals surface area contributed by atoms with E-state index in [2.05, 4.69) is 127 Å². The van der Waals surface area contributed by atoms with E-state index in [1.54, 1.807) is 36.4 Å². The van der Waals surface area contributed by atoms with E-state index in [4.69, 9.17) is 133 Å². The molecule has 3 aliphatic rings. The van der Waals surface area contributed by atoms with E-state index in [1.807, 2.05) is 182 Å². The molecule has 3 aliphatic heterocycles. The number of hydrogen-bond acceptors (Lipinski definition) is 20. The van der Waals surface area contributed by atoms with Gasteiger partial charge in [0, 0.05) is 39.2 Å². The first-order valence-electron chi connectivity index (χ1n) is 43.2. The molecule has 29 heteroatoms. The second-order valence-electron chi connectivity index (χ2n) is 31.8. The SMILES string of the molecule is CC[C@H]1O[C@@H](c2ccc(Cl)c(C(C(=O)OC)c3ccc(Cl)nn3)c2)[C@H](OCc2ccccc2)[C@@H](OCc2ccccc2)[C@@H]1C.CC[C@H]1O[C@@H](c2ccc(Cl)c(CC(=O)OC)c2)[C@H](OCc2ccccc2)[C@@H](OCc2ccccc2)[C@@H]1C.CC[C@H]1O[C@@H](c2ccc(Cl)c(Cc3ccc(Cl)nn3)c2)[C@H](OCc2ccccc2)[C@@H](OCc2ccccc2)[C@@H]1C.Clc1ccc(Cl)nn1.[H-].[Li+].[Na+].[OH-]. The van der Waals surface area contributed by atoms with Crippen molar-refractivity contribution in [1.82, 2.24) is 30.6 Å². The number of ether oxygens (including phenoxy) is 11. The number of hydrogen-bond donors (Lipinski definition) is 0. The molecule has 12 aromatic rings. The molecule has 132 heavy (non-hydrogen) atoms. The van der Waals surface area contributed by atoms with Gasteiger partial charge in [-0.15, -0.1) is 20.4 Å². The van der Waals surface area contributed by atoms with Gasteiger partial charge in [0.05, 0.1) is 108 Å². The maximum Gasteiger partial charge on any atom is 1.00 e. The normalized spacial score (nSPS) is 21.5. The van der Waals surface area contributed by atoms with Crippen molar-refractivity contribution in [3.63, 3.8) is 0 Å². The molecular weight excluding hydrogens is 1820 g/mol. The van der Waals surface area contributed by atoms with Crippen molar-refractivity contribution in [1.29, 1.82) is 0 Å². The molecule has 0 radical (unpaired) electrons. The van der Waals surface area contributed by atoms with Crippen LogP contribution < -0.4 is 48.4 Å². The van der Waals surface area contributed by atoms with E-state index in [0.717, 1.165) is 80.6 Å². The summed E-state index contributed by atoms with van der Waals surface area (Å²) in [6.07, 6.45) is 0.00251. The molecule has 3 saturated heterocycles. The van der Waals surface area contributed by atoms with Crippen LogP contribution in [0.3, 0.4) is 0 Å². The van der Waals surface area contributed by atoms with Gasteiger partial charge < -0.3 is 59.0 Å². The van der Waals surface area contributed by atoms with E-state index in [9.17, 15) is 9.59 Å². The van der Waals surface area contributed by atoms with Crippen LogP contribution >= 0.6 is 81.2 Å². The summed E-state index contributed by atoms with van der Waals surface area (Å²) >= 11 is 42.5. The van der Waals surface area contributed by atoms with Crippen molar-refractivity contribution in [3.05, 3.63) is 387 Å². The Morgan fingerprint density at radius 3 is 0.955 bits per heavy atom. The van der Waals surface area contributed by atoms with E-state index in [-0.39, 0.29) is 152 Å². The first-order chi connectivity index (χ1) is 62.7. The van der Waals surface area contributed by atoms with Gasteiger partial charge in [-0.05, 0) is 141 Å². The van der Waals surface area contributed by atoms with Crippen LogP contribution in [-0.4, -0.2) is 117 Å². The number of esters is 2. The Hall–Kier alpha value is -7.61. The Bertz CT molecular complexity index is 5410. The van der Waals surface area contributed by atoms with Crippen LogP contribution in [0.5, 0.6) is 0 Å². The second kappa shape index (κ2) is 55.6. The van der Waals surface area contributed by atoms with Crippen LogP contribution in [0.25, 0.3) is 0 Å². The second-order valence-corrected chi connectivity index (χ2v) is 34.6. The smallest absolute Gasteiger partial charge is 1.00 e. The fourth-order valence-electron chi connectivity index (χ4n) is 16.3. The average molecular weight is 1930 g/mol. The summed E-state index contributed by atoms with van der Waals surface area (Å²) in [5.41, 5.74) is 12.6. The van der Waals surface area contributed by atoms with Crippen LogP contribution in [0.15, 0.2) is 273 Å². The quantitative estimate of drug-likeness (QED) is 0.0289. The number of carbonyl (C=O) groups is 2. The fourth-order valence-corrected chi connectivity index (χ4v) is 17.3. The Balaban J connectivity index is 0.000000232. The number of aromatic nitrogens is 6. The molecule has 0 spiro atoms. The fraction of sp³-hybridized carbons (Fsp3) is 0.340. The molecule has 0 amide bonds. The summed E-state index contributed by atoms with van der Waals surface area (Å²) < 4.78 is 70.2. The van der Waals surface area contributed by atoms with Gasteiger partial charge in [-0.3, -0.25) is 9.59 Å². The number of carbonyl (C=O) groups excluding carboxylic acids is 2. The Morgan fingerprint density at radius 1 is 0.356 bits per heavy atom. The first-order valence-corrected chi connectivity index (χ1v) is 45.9. The Morgan fingerprint density at radius 2 is 0.652 bits per heavy atom. The minimum atomic E-state index is -0.921. The molecule has 0 aliphatic carbocycles. The van der Waals surface area contributed by atoms with Crippen LogP contribution in [-0.2, 0) is 114 Å². The molecule has 15 rings (SSSR count). The number of halogens is 7. The molecule has 6 heterocycles. The summed E-state index contributed by atoms with van der Waals surface area (Å²) in [7, 11) is 2.70. The van der Waals surface area contributed by atoms with Crippen LogP contribution in [0.1, 0.15) is 165 Å². The number of rotatable bonds is 31. The molecule has 9 aromatic carbocycles. The molecule has 3 aromatic heterocycles. The zero-order chi connectivity index (χ0) is 91.1. The molecule has 0 saturated carbocycles. The maximum atomic E-state index is 13.1. The van der Waals surface area contributed by atoms with Crippen molar-refractivity contribution in [3.8, 4) is 0 Å². The van der Waals surface area contributed by atoms with Gasteiger partial charge in [0.15, 0.2) is 20.6 Å². The van der Waals surface area contributed by atoms with Gasteiger partial charge >= 0.3 is 60.4 Å². The molecule has 0 bridgehead atoms. The standard InChI is InChI=1S/C35H36Cl2N2O5.C33H34Cl2N2O3.C31H35ClO5.C4H2Cl2N2.Li.Na.H2O.H/c1-4-29-22(2)32(42-20-23-11-7-5-8-12-23)34(43-21-24-13-9-6-10-14-24)33(44-29)25-15-16-27(36)26(19-25)31(35(40)41-3)28-17-18-30(37)39-38-28;1-3-29-22(2)31(38-20-23-10-6-4-7-11-23)33(39-21-24-12-8-5-9-13-24)32(40-29)25-14-16-28(34)26(18-25)19-27-15-17-30(35)37-36-27;1-4-27-21(2)29(35-19-22-11-7-5-8-12-22)31(36-20-23-13-9-6-10-14-23)30(37-27)24-15-16-26(32)25(17-24)18-28(33)34-3;5-3-1-2-4(6)8-7-3;;;;/h5-19,22,29,31-34H,4,20-21H2,1-3H3;4-18,22,29,31-33H,3,19-21H2,1-2H3;5-17,21,27,29-31H,4,18-20H2,1-3H3;1-2H;;;1H2;/q;;;;2*+1;;-1/p-1/t22-,29-,31?,32+,33+,34-;22-,29-,31+,32+,33-;21-,27-,29+,30+,31-;;;;;/m111...../s1. The third-order valence-electron chi connectivity index (χ3n) is 23.1. The molecule has 20 nitrogen and oxygen atoms in total. The van der Waals surface area contributed by atoms with Gasteiger partial charge in [-0.25, -0.2) is 0 Å². The minimum Gasteiger partial charge on any atom is -1.00 e. The van der Waals surface area contributed by atoms with Gasteiger partial charge in [0.25, 0.3) is 0 Å². The van der Waals surface area contributed by atoms with Crippen molar-refractivity contribution in [2.45, 2.75) is 192 Å². The van der Waals surface area contributed by atoms with E-state index in [1.165, 1.54) is 14.2 Å². The third kappa shape index (κ3) is 30.9. The Kier molecular flexibility index (Phi) is 45.5. The number of methoxy groups -OCH3 is 2. The monoisotopic (exact) mass is 1930 g/mol. The van der Waals surface area contributed by atoms with Crippen molar-refractivity contribution >= 4 is 93.1 Å². The topological polar surface area (TPSA) is 243 Å².